The zero-order valence-electron chi connectivity index (χ0n) is 24.7. The van der Waals surface area contributed by atoms with Gasteiger partial charge in [-0.05, 0) is 72.5 Å². The first-order valence-corrected chi connectivity index (χ1v) is 15.6. The van der Waals surface area contributed by atoms with Crippen LogP contribution in [0.25, 0.3) is 11.1 Å². The van der Waals surface area contributed by atoms with Gasteiger partial charge in [0, 0.05) is 44.3 Å². The third-order valence-electron chi connectivity index (χ3n) is 7.51. The molecule has 4 aromatic rings. The second-order valence-electron chi connectivity index (χ2n) is 11.0. The van der Waals surface area contributed by atoms with Gasteiger partial charge in [0.2, 0.25) is 0 Å². The molecule has 9 heteroatoms. The van der Waals surface area contributed by atoms with Crippen LogP contribution >= 0.6 is 0 Å². The number of aryl methyl sites for hydroxylation is 2. The summed E-state index contributed by atoms with van der Waals surface area (Å²) in [4.78, 5) is 29.0. The number of nitrogens with one attached hydrogen (secondary N) is 1. The monoisotopic (exact) mass is 597 g/mol. The average molecular weight is 598 g/mol. The van der Waals surface area contributed by atoms with E-state index in [0.29, 0.717) is 42.1 Å². The van der Waals surface area contributed by atoms with E-state index in [0.717, 1.165) is 22.3 Å². The molecule has 1 fully saturated rings. The highest BCUT2D eigenvalue weighted by Crippen LogP contribution is 2.28. The molecule has 0 saturated carbocycles. The van der Waals surface area contributed by atoms with Crippen molar-refractivity contribution in [1.82, 2.24) is 9.80 Å². The molecule has 1 aliphatic rings. The number of benzene rings is 4. The van der Waals surface area contributed by atoms with Crippen LogP contribution in [0.2, 0.25) is 0 Å². The minimum absolute atomic E-state index is 0.00136. The highest BCUT2D eigenvalue weighted by Gasteiger charge is 2.29. The Hall–Kier alpha value is -4.63. The Balaban J connectivity index is 1.27. The third kappa shape index (κ3) is 6.73. The Morgan fingerprint density at radius 2 is 1.51 bits per heavy atom. The molecular weight excluding hydrogens is 562 g/mol. The highest BCUT2D eigenvalue weighted by molar-refractivity contribution is 7.92. The van der Waals surface area contributed by atoms with Gasteiger partial charge in [0.1, 0.15) is 11.9 Å². The van der Waals surface area contributed by atoms with Crippen LogP contribution in [0.3, 0.4) is 0 Å². The van der Waals surface area contributed by atoms with Gasteiger partial charge in [-0.1, -0.05) is 48.5 Å². The van der Waals surface area contributed by atoms with E-state index in [-0.39, 0.29) is 22.8 Å². The average Bonchev–Trinajstić information content (AvgIpc) is 3.45. The lowest BCUT2D eigenvalue weighted by molar-refractivity contribution is 0.0770. The minimum Gasteiger partial charge on any atom is -0.488 e. The maximum absolute atomic E-state index is 13.4. The fourth-order valence-corrected chi connectivity index (χ4v) is 6.39. The summed E-state index contributed by atoms with van der Waals surface area (Å²) in [5, 5.41) is 0. The number of likely N-dealkylation sites (tertiary alicyclic amines) is 1. The van der Waals surface area contributed by atoms with Gasteiger partial charge < -0.3 is 14.5 Å². The summed E-state index contributed by atoms with van der Waals surface area (Å²) in [6, 6.07) is 26.3. The molecule has 0 bridgehead atoms. The van der Waals surface area contributed by atoms with Gasteiger partial charge in [-0.25, -0.2) is 8.42 Å². The highest BCUT2D eigenvalue weighted by atomic mass is 32.2. The Bertz CT molecular complexity index is 1760. The summed E-state index contributed by atoms with van der Waals surface area (Å²) in [7, 11) is -0.550. The van der Waals surface area contributed by atoms with Crippen molar-refractivity contribution in [3.05, 3.63) is 113 Å². The van der Waals surface area contributed by atoms with Crippen molar-refractivity contribution in [2.45, 2.75) is 31.3 Å². The molecule has 1 aliphatic heterocycles. The van der Waals surface area contributed by atoms with Gasteiger partial charge in [-0.15, -0.1) is 0 Å². The first kappa shape index (κ1) is 29.8. The van der Waals surface area contributed by atoms with Gasteiger partial charge in [0.25, 0.3) is 21.8 Å². The third-order valence-corrected chi connectivity index (χ3v) is 8.89. The molecule has 0 radical (unpaired) electrons. The summed E-state index contributed by atoms with van der Waals surface area (Å²) >= 11 is 0. The van der Waals surface area contributed by atoms with Crippen LogP contribution in [0.5, 0.6) is 5.75 Å². The maximum atomic E-state index is 13.4. The number of anilines is 1. The molecule has 8 nitrogen and oxygen atoms in total. The first-order chi connectivity index (χ1) is 20.5. The quantitative estimate of drug-likeness (QED) is 0.278. The maximum Gasteiger partial charge on any atom is 0.261 e. The van der Waals surface area contributed by atoms with Crippen molar-refractivity contribution < 1.29 is 22.7 Å². The summed E-state index contributed by atoms with van der Waals surface area (Å²) in [5.74, 6) is 0.386. The number of hydrogen-bond donors (Lipinski definition) is 1. The lowest BCUT2D eigenvalue weighted by Crippen LogP contribution is -2.31. The van der Waals surface area contributed by atoms with E-state index < -0.39 is 10.0 Å². The Labute approximate surface area is 253 Å². The van der Waals surface area contributed by atoms with E-state index in [4.69, 9.17) is 4.74 Å². The standard InChI is InChI=1S/C34H35N3O5S/c1-23-9-5-10-24(2)32(23)34(39)37-18-17-30(22-37)42-29-15-8-14-28(21-29)35-43(40,41)31-16-7-12-26(20-31)25-11-6-13-27(19-25)33(38)36(3)4/h5-16,19-21,30,35H,17-18,22H2,1-4H3/t30-/m0/s1. The second kappa shape index (κ2) is 12.3. The van der Waals surface area contributed by atoms with Crippen LogP contribution in [-0.4, -0.2) is 63.3 Å². The molecule has 222 valence electrons. The number of sulfonamides is 1. The van der Waals surface area contributed by atoms with Crippen molar-refractivity contribution in [1.29, 1.82) is 0 Å². The number of hydrogen-bond acceptors (Lipinski definition) is 5. The van der Waals surface area contributed by atoms with Crippen molar-refractivity contribution in [2.24, 2.45) is 0 Å². The SMILES string of the molecule is Cc1cccc(C)c1C(=O)N1CC[C@H](Oc2cccc(NS(=O)(=O)c3cccc(-c4cccc(C(=O)N(C)C)c4)c3)c2)C1. The molecule has 1 saturated heterocycles. The van der Waals surface area contributed by atoms with E-state index in [1.165, 1.54) is 11.0 Å². The number of rotatable bonds is 8. The summed E-state index contributed by atoms with van der Waals surface area (Å²) in [5.41, 5.74) is 4.93. The number of amides is 2. The Morgan fingerprint density at radius 1 is 0.860 bits per heavy atom. The lowest BCUT2D eigenvalue weighted by atomic mass is 10.0. The van der Waals surface area contributed by atoms with Crippen molar-refractivity contribution in [3.63, 3.8) is 0 Å². The topological polar surface area (TPSA) is 96.0 Å². The number of ether oxygens (including phenoxy) is 1. The van der Waals surface area contributed by atoms with Gasteiger partial charge in [-0.2, -0.15) is 0 Å². The van der Waals surface area contributed by atoms with Crippen LogP contribution in [0.1, 0.15) is 38.3 Å². The van der Waals surface area contributed by atoms with Crippen LogP contribution in [0.15, 0.2) is 95.9 Å². The molecule has 0 spiro atoms. The molecule has 1 N–H and O–H groups in total. The van der Waals surface area contributed by atoms with E-state index in [1.54, 1.807) is 68.7 Å². The molecule has 0 aliphatic carbocycles. The lowest BCUT2D eigenvalue weighted by Gasteiger charge is -2.20. The molecule has 1 heterocycles. The minimum atomic E-state index is -3.92. The van der Waals surface area contributed by atoms with Crippen molar-refractivity contribution >= 4 is 27.5 Å². The Kier molecular flexibility index (Phi) is 8.54. The van der Waals surface area contributed by atoms with Crippen LogP contribution in [-0.2, 0) is 10.0 Å². The molecule has 0 aromatic heterocycles. The summed E-state index contributed by atoms with van der Waals surface area (Å²) in [6.45, 7) is 4.93. The molecular formula is C34H35N3O5S. The van der Waals surface area contributed by atoms with Gasteiger partial charge >= 0.3 is 0 Å². The Morgan fingerprint density at radius 3 is 2.23 bits per heavy atom. The van der Waals surface area contributed by atoms with E-state index >= 15 is 0 Å². The predicted molar refractivity (Wildman–Crippen MR) is 168 cm³/mol. The summed E-state index contributed by atoms with van der Waals surface area (Å²) in [6.07, 6.45) is 0.479. The molecule has 5 rings (SSSR count). The number of nitrogens with zero attached hydrogens (tertiary/aromatic N) is 2. The van der Waals surface area contributed by atoms with Gasteiger partial charge in [0.05, 0.1) is 17.1 Å². The van der Waals surface area contributed by atoms with E-state index in [1.807, 2.05) is 49.1 Å². The fourth-order valence-electron chi connectivity index (χ4n) is 5.29. The predicted octanol–water partition coefficient (Wildman–Crippen LogP) is 5.77. The number of carbonyl (C=O) groups excluding carboxylic acids is 2. The zero-order valence-corrected chi connectivity index (χ0v) is 25.5. The largest absolute Gasteiger partial charge is 0.488 e. The van der Waals surface area contributed by atoms with Crippen LogP contribution < -0.4 is 9.46 Å². The number of carbonyl (C=O) groups is 2. The van der Waals surface area contributed by atoms with Crippen LogP contribution in [0, 0.1) is 13.8 Å². The van der Waals surface area contributed by atoms with Crippen molar-refractivity contribution in [2.75, 3.05) is 31.9 Å². The molecule has 4 aromatic carbocycles. The zero-order chi connectivity index (χ0) is 30.7. The second-order valence-corrected chi connectivity index (χ2v) is 12.7. The normalized spacial score (nSPS) is 14.8. The van der Waals surface area contributed by atoms with Gasteiger partial charge in [-0.3, -0.25) is 14.3 Å². The smallest absolute Gasteiger partial charge is 0.261 e. The first-order valence-electron chi connectivity index (χ1n) is 14.1. The molecule has 43 heavy (non-hydrogen) atoms. The van der Waals surface area contributed by atoms with Crippen molar-refractivity contribution in [3.8, 4) is 16.9 Å². The molecule has 1 atom stereocenters. The van der Waals surface area contributed by atoms with E-state index in [2.05, 4.69) is 4.72 Å². The summed E-state index contributed by atoms with van der Waals surface area (Å²) < 4.78 is 35.5. The van der Waals surface area contributed by atoms with E-state index in [9.17, 15) is 18.0 Å². The van der Waals surface area contributed by atoms with Crippen LogP contribution in [0.4, 0.5) is 5.69 Å². The fraction of sp³-hybridized carbons (Fsp3) is 0.235. The van der Waals surface area contributed by atoms with Gasteiger partial charge in [0.15, 0.2) is 0 Å². The molecule has 0 unspecified atom stereocenters. The molecule has 2 amide bonds.